The summed E-state index contributed by atoms with van der Waals surface area (Å²) in [4.78, 5) is 11.6. The number of halogens is 2. The second-order valence-electron chi connectivity index (χ2n) is 4.92. The predicted octanol–water partition coefficient (Wildman–Crippen LogP) is 1.73. The first-order valence-electron chi connectivity index (χ1n) is 6.39. The quantitative estimate of drug-likeness (QED) is 0.803. The van der Waals surface area contributed by atoms with E-state index >= 15 is 0 Å². The summed E-state index contributed by atoms with van der Waals surface area (Å²) in [6.07, 6.45) is -0.874. The molecule has 1 amide bonds. The van der Waals surface area contributed by atoms with Gasteiger partial charge in [0.1, 0.15) is 11.6 Å². The monoisotopic (exact) mass is 287 g/mol. The number of carbonyl (C=O) groups excluding carboxylic acids is 1. The summed E-state index contributed by atoms with van der Waals surface area (Å²) in [5.41, 5.74) is -0.262. The van der Waals surface area contributed by atoms with E-state index in [9.17, 15) is 18.7 Å². The number of rotatable bonds is 7. The van der Waals surface area contributed by atoms with Gasteiger partial charge < -0.3 is 15.2 Å². The van der Waals surface area contributed by atoms with Crippen LogP contribution in [0.3, 0.4) is 0 Å². The highest BCUT2D eigenvalue weighted by atomic mass is 19.1. The molecule has 0 saturated heterocycles. The fourth-order valence-corrected chi connectivity index (χ4v) is 1.48. The Morgan fingerprint density at radius 3 is 2.65 bits per heavy atom. The fourth-order valence-electron chi connectivity index (χ4n) is 1.48. The normalized spacial score (nSPS) is 12.5. The molecule has 0 aliphatic rings. The lowest BCUT2D eigenvalue weighted by atomic mass is 10.2. The first kappa shape index (κ1) is 16.5. The van der Waals surface area contributed by atoms with Crippen LogP contribution in [0.1, 0.15) is 24.2 Å². The lowest BCUT2D eigenvalue weighted by molar-refractivity contribution is 0.0259. The summed E-state index contributed by atoms with van der Waals surface area (Å²) in [6.45, 7) is 4.49. The Balaban J connectivity index is 2.39. The van der Waals surface area contributed by atoms with Crippen molar-refractivity contribution in [3.8, 4) is 0 Å². The third-order valence-corrected chi connectivity index (χ3v) is 2.44. The second kappa shape index (κ2) is 7.91. The lowest BCUT2D eigenvalue weighted by Gasteiger charge is -2.13. The minimum absolute atomic E-state index is 0.0618. The van der Waals surface area contributed by atoms with E-state index in [4.69, 9.17) is 4.74 Å². The summed E-state index contributed by atoms with van der Waals surface area (Å²) in [5, 5.41) is 11.9. The standard InChI is InChI=1S/C14H19F2NO3/c1-9(2)7-20-8-11(18)6-17-14(19)12-4-3-10(15)5-13(12)16/h3-5,9,11,18H,6-8H2,1-2H3,(H,17,19). The first-order valence-corrected chi connectivity index (χ1v) is 6.39. The van der Waals surface area contributed by atoms with Gasteiger partial charge in [-0.2, -0.15) is 0 Å². The van der Waals surface area contributed by atoms with Crippen LogP contribution < -0.4 is 5.32 Å². The van der Waals surface area contributed by atoms with E-state index in [-0.39, 0.29) is 18.7 Å². The maximum absolute atomic E-state index is 13.3. The Bertz CT molecular complexity index is 452. The van der Waals surface area contributed by atoms with Gasteiger partial charge in [-0.15, -0.1) is 0 Å². The predicted molar refractivity (Wildman–Crippen MR) is 70.4 cm³/mol. The highest BCUT2D eigenvalue weighted by Gasteiger charge is 2.14. The Labute approximate surface area is 116 Å². The van der Waals surface area contributed by atoms with Crippen LogP contribution in [0.4, 0.5) is 8.78 Å². The van der Waals surface area contributed by atoms with Crippen LogP contribution in [-0.4, -0.2) is 36.9 Å². The van der Waals surface area contributed by atoms with Crippen LogP contribution >= 0.6 is 0 Å². The molecule has 0 spiro atoms. The van der Waals surface area contributed by atoms with Crippen LogP contribution in [0.5, 0.6) is 0 Å². The van der Waals surface area contributed by atoms with Crippen molar-refractivity contribution in [1.82, 2.24) is 5.32 Å². The van der Waals surface area contributed by atoms with Gasteiger partial charge in [0.15, 0.2) is 0 Å². The van der Waals surface area contributed by atoms with E-state index in [2.05, 4.69) is 5.32 Å². The highest BCUT2D eigenvalue weighted by molar-refractivity contribution is 5.94. The third-order valence-electron chi connectivity index (χ3n) is 2.44. The zero-order chi connectivity index (χ0) is 15.1. The zero-order valence-corrected chi connectivity index (χ0v) is 11.5. The van der Waals surface area contributed by atoms with Crippen LogP contribution in [0.2, 0.25) is 0 Å². The van der Waals surface area contributed by atoms with Gasteiger partial charge >= 0.3 is 0 Å². The summed E-state index contributed by atoms with van der Waals surface area (Å²) in [7, 11) is 0. The molecular formula is C14H19F2NO3. The van der Waals surface area contributed by atoms with Crippen LogP contribution in [0.15, 0.2) is 18.2 Å². The average Bonchev–Trinajstić information content (AvgIpc) is 2.35. The lowest BCUT2D eigenvalue weighted by Crippen LogP contribution is -2.35. The van der Waals surface area contributed by atoms with Crippen LogP contribution in [-0.2, 0) is 4.74 Å². The van der Waals surface area contributed by atoms with Crippen molar-refractivity contribution in [3.05, 3.63) is 35.4 Å². The molecule has 0 bridgehead atoms. The molecule has 20 heavy (non-hydrogen) atoms. The molecule has 1 aromatic rings. The van der Waals surface area contributed by atoms with Crippen molar-refractivity contribution < 1.29 is 23.4 Å². The highest BCUT2D eigenvalue weighted by Crippen LogP contribution is 2.09. The molecule has 1 aromatic carbocycles. The summed E-state index contributed by atoms with van der Waals surface area (Å²) in [6, 6.07) is 2.69. The zero-order valence-electron chi connectivity index (χ0n) is 11.5. The van der Waals surface area contributed by atoms with Gasteiger partial charge in [-0.05, 0) is 18.1 Å². The molecule has 0 saturated carbocycles. The van der Waals surface area contributed by atoms with Gasteiger partial charge in [0.05, 0.1) is 18.3 Å². The SMILES string of the molecule is CC(C)COCC(O)CNC(=O)c1ccc(F)cc1F. The molecule has 0 aliphatic heterocycles. The van der Waals surface area contributed by atoms with E-state index in [1.165, 1.54) is 0 Å². The molecule has 112 valence electrons. The minimum atomic E-state index is -0.937. The van der Waals surface area contributed by atoms with Crippen molar-refractivity contribution in [2.45, 2.75) is 20.0 Å². The molecule has 1 rings (SSSR count). The Morgan fingerprint density at radius 1 is 1.35 bits per heavy atom. The number of aliphatic hydroxyl groups excluding tert-OH is 1. The molecule has 1 unspecified atom stereocenters. The third kappa shape index (κ3) is 5.63. The number of hydrogen-bond donors (Lipinski definition) is 2. The number of ether oxygens (including phenoxy) is 1. The molecule has 0 radical (unpaired) electrons. The largest absolute Gasteiger partial charge is 0.389 e. The van der Waals surface area contributed by atoms with Crippen molar-refractivity contribution in [3.63, 3.8) is 0 Å². The smallest absolute Gasteiger partial charge is 0.254 e. The van der Waals surface area contributed by atoms with E-state index in [1.54, 1.807) is 0 Å². The van der Waals surface area contributed by atoms with Gasteiger partial charge in [-0.25, -0.2) is 8.78 Å². The number of hydrogen-bond acceptors (Lipinski definition) is 3. The average molecular weight is 287 g/mol. The molecule has 4 nitrogen and oxygen atoms in total. The van der Waals surface area contributed by atoms with Gasteiger partial charge in [0.25, 0.3) is 5.91 Å². The number of carbonyl (C=O) groups is 1. The molecule has 2 N–H and O–H groups in total. The van der Waals surface area contributed by atoms with Crippen LogP contribution in [0.25, 0.3) is 0 Å². The number of nitrogens with one attached hydrogen (secondary N) is 1. The number of aliphatic hydroxyl groups is 1. The van der Waals surface area contributed by atoms with Crippen molar-refractivity contribution >= 4 is 5.91 Å². The molecule has 0 heterocycles. The second-order valence-corrected chi connectivity index (χ2v) is 4.92. The van der Waals surface area contributed by atoms with Gasteiger partial charge in [-0.1, -0.05) is 13.8 Å². The molecular weight excluding hydrogens is 268 g/mol. The first-order chi connectivity index (χ1) is 9.40. The fraction of sp³-hybridized carbons (Fsp3) is 0.500. The summed E-state index contributed by atoms with van der Waals surface area (Å²) in [5.74, 6) is -2.04. The number of benzene rings is 1. The van der Waals surface area contributed by atoms with Gasteiger partial charge in [0, 0.05) is 19.2 Å². The maximum atomic E-state index is 13.3. The summed E-state index contributed by atoms with van der Waals surface area (Å²) < 4.78 is 31.2. The van der Waals surface area contributed by atoms with E-state index < -0.39 is 23.6 Å². The van der Waals surface area contributed by atoms with Gasteiger partial charge in [-0.3, -0.25) is 4.79 Å². The molecule has 1 atom stereocenters. The number of amides is 1. The molecule has 0 aliphatic carbocycles. The molecule has 6 heteroatoms. The van der Waals surface area contributed by atoms with E-state index in [0.29, 0.717) is 18.6 Å². The van der Waals surface area contributed by atoms with E-state index in [0.717, 1.165) is 12.1 Å². The Hall–Kier alpha value is -1.53. The Morgan fingerprint density at radius 2 is 2.05 bits per heavy atom. The van der Waals surface area contributed by atoms with Crippen LogP contribution in [0, 0.1) is 17.6 Å². The molecule has 0 aromatic heterocycles. The Kier molecular flexibility index (Phi) is 6.54. The van der Waals surface area contributed by atoms with Crippen molar-refractivity contribution in [1.29, 1.82) is 0 Å². The van der Waals surface area contributed by atoms with Crippen molar-refractivity contribution in [2.24, 2.45) is 5.92 Å². The van der Waals surface area contributed by atoms with Gasteiger partial charge in [0.2, 0.25) is 0 Å². The molecule has 0 fully saturated rings. The topological polar surface area (TPSA) is 58.6 Å². The summed E-state index contributed by atoms with van der Waals surface area (Å²) >= 11 is 0. The van der Waals surface area contributed by atoms with Crippen molar-refractivity contribution in [2.75, 3.05) is 19.8 Å². The minimum Gasteiger partial charge on any atom is -0.389 e. The maximum Gasteiger partial charge on any atom is 0.254 e. The van der Waals surface area contributed by atoms with E-state index in [1.807, 2.05) is 13.8 Å².